The molecule has 4 heterocycles. The van der Waals surface area contributed by atoms with Gasteiger partial charge in [-0.25, -0.2) is 9.97 Å². The van der Waals surface area contributed by atoms with Crippen LogP contribution in [0, 0.1) is 6.92 Å². The van der Waals surface area contributed by atoms with Gasteiger partial charge in [0, 0.05) is 78.6 Å². The Hall–Kier alpha value is -3.32. The number of piperidine rings is 1. The first-order valence-corrected chi connectivity index (χ1v) is 10.7. The van der Waals surface area contributed by atoms with Gasteiger partial charge < -0.3 is 19.9 Å². The van der Waals surface area contributed by atoms with E-state index in [-0.39, 0.29) is 6.10 Å². The smallest absolute Gasteiger partial charge is 0.232 e. The number of aromatic amines is 1. The summed E-state index contributed by atoms with van der Waals surface area (Å²) in [6.07, 6.45) is 10.7. The quantitative estimate of drug-likeness (QED) is 0.454. The van der Waals surface area contributed by atoms with Crippen molar-refractivity contribution in [3.8, 4) is 5.88 Å². The van der Waals surface area contributed by atoms with E-state index in [2.05, 4.69) is 43.1 Å². The molecule has 0 spiro atoms. The number of hydrogen-bond acceptors (Lipinski definition) is 6. The second-order valence-electron chi connectivity index (χ2n) is 7.67. The zero-order valence-corrected chi connectivity index (χ0v) is 17.9. The van der Waals surface area contributed by atoms with Gasteiger partial charge in [0.15, 0.2) is 0 Å². The molecule has 1 saturated heterocycles. The summed E-state index contributed by atoms with van der Waals surface area (Å²) in [6.45, 7) is 3.92. The minimum absolute atomic E-state index is 0.155. The molecule has 31 heavy (non-hydrogen) atoms. The van der Waals surface area contributed by atoms with Crippen LogP contribution in [0.2, 0.25) is 5.02 Å². The third kappa shape index (κ3) is 4.14. The van der Waals surface area contributed by atoms with Gasteiger partial charge in [0.2, 0.25) is 5.88 Å². The van der Waals surface area contributed by atoms with E-state index in [4.69, 9.17) is 16.3 Å². The zero-order chi connectivity index (χ0) is 21.2. The number of aromatic nitrogens is 4. The summed E-state index contributed by atoms with van der Waals surface area (Å²) in [5, 5.41) is 5.15. The van der Waals surface area contributed by atoms with E-state index in [9.17, 15) is 0 Å². The summed E-state index contributed by atoms with van der Waals surface area (Å²) in [6, 6.07) is 8.03. The maximum atomic E-state index is 6.43. The SMILES string of the molecule is Cc1c(N2CCC(Oc3cnccn3)CC2)ccnc1Nc1cc(Cl)c2cc[nH]c2c1. The predicted molar refractivity (Wildman–Crippen MR) is 123 cm³/mol. The number of H-pyrrole nitrogens is 1. The summed E-state index contributed by atoms with van der Waals surface area (Å²) < 4.78 is 5.97. The minimum Gasteiger partial charge on any atom is -0.473 e. The average molecular weight is 435 g/mol. The predicted octanol–water partition coefficient (Wildman–Crippen LogP) is 5.11. The second kappa shape index (κ2) is 8.43. The fraction of sp³-hybridized carbons (Fsp3) is 0.261. The Kier molecular flexibility index (Phi) is 5.34. The summed E-state index contributed by atoms with van der Waals surface area (Å²) in [5.41, 5.74) is 4.19. The van der Waals surface area contributed by atoms with Crippen LogP contribution in [0.15, 0.2) is 55.2 Å². The standard InChI is InChI=1S/C23H23ClN6O/c1-15-21(30-10-4-17(5-11-30)31-22-14-25-8-9-27-22)3-7-28-23(15)29-16-12-19(24)18-2-6-26-20(18)13-16/h2-3,6-9,12-14,17,26H,4-5,10-11H2,1H3,(H,28,29). The largest absolute Gasteiger partial charge is 0.473 e. The molecule has 0 unspecified atom stereocenters. The molecule has 5 rings (SSSR count). The number of ether oxygens (including phenoxy) is 1. The Labute approximate surface area is 185 Å². The Bertz CT molecular complexity index is 1190. The van der Waals surface area contributed by atoms with Crippen molar-refractivity contribution in [1.29, 1.82) is 0 Å². The molecule has 1 aliphatic rings. The van der Waals surface area contributed by atoms with Crippen molar-refractivity contribution < 1.29 is 4.74 Å². The normalized spacial score (nSPS) is 14.7. The number of nitrogens with one attached hydrogen (secondary N) is 2. The van der Waals surface area contributed by atoms with E-state index in [1.54, 1.807) is 18.6 Å². The molecule has 4 aromatic rings. The lowest BCUT2D eigenvalue weighted by Gasteiger charge is -2.34. The second-order valence-corrected chi connectivity index (χ2v) is 8.08. The van der Waals surface area contributed by atoms with E-state index in [0.29, 0.717) is 10.9 Å². The van der Waals surface area contributed by atoms with Crippen molar-refractivity contribution in [3.63, 3.8) is 0 Å². The van der Waals surface area contributed by atoms with Crippen LogP contribution in [-0.2, 0) is 0 Å². The van der Waals surface area contributed by atoms with E-state index in [1.165, 1.54) is 5.69 Å². The summed E-state index contributed by atoms with van der Waals surface area (Å²) >= 11 is 6.43. The Morgan fingerprint density at radius 3 is 2.81 bits per heavy atom. The highest BCUT2D eigenvalue weighted by Crippen LogP contribution is 2.32. The number of rotatable bonds is 5. The molecule has 0 saturated carbocycles. The van der Waals surface area contributed by atoms with Crippen LogP contribution in [-0.4, -0.2) is 39.1 Å². The highest BCUT2D eigenvalue weighted by molar-refractivity contribution is 6.35. The number of anilines is 3. The number of nitrogens with zero attached hydrogens (tertiary/aromatic N) is 4. The summed E-state index contributed by atoms with van der Waals surface area (Å²) in [5.74, 6) is 1.42. The molecule has 0 atom stereocenters. The van der Waals surface area contributed by atoms with Crippen molar-refractivity contribution in [2.45, 2.75) is 25.9 Å². The molecule has 8 heteroatoms. The van der Waals surface area contributed by atoms with E-state index in [0.717, 1.165) is 53.9 Å². The fourth-order valence-corrected chi connectivity index (χ4v) is 4.34. The van der Waals surface area contributed by atoms with Gasteiger partial charge in [-0.05, 0) is 31.2 Å². The van der Waals surface area contributed by atoms with Crippen LogP contribution in [0.5, 0.6) is 5.88 Å². The molecule has 2 N–H and O–H groups in total. The van der Waals surface area contributed by atoms with Crippen molar-refractivity contribution in [2.75, 3.05) is 23.3 Å². The van der Waals surface area contributed by atoms with Gasteiger partial charge in [-0.15, -0.1) is 0 Å². The molecule has 0 radical (unpaired) electrons. The molecule has 1 aromatic carbocycles. The van der Waals surface area contributed by atoms with Gasteiger partial charge in [-0.2, -0.15) is 0 Å². The number of pyridine rings is 1. The number of halogens is 1. The van der Waals surface area contributed by atoms with Crippen LogP contribution in [0.25, 0.3) is 10.9 Å². The van der Waals surface area contributed by atoms with Crippen LogP contribution in [0.4, 0.5) is 17.2 Å². The molecule has 7 nitrogen and oxygen atoms in total. The van der Waals surface area contributed by atoms with E-state index >= 15 is 0 Å². The molecular formula is C23H23ClN6O. The van der Waals surface area contributed by atoms with E-state index < -0.39 is 0 Å². The lowest BCUT2D eigenvalue weighted by Crippen LogP contribution is -2.38. The van der Waals surface area contributed by atoms with Crippen LogP contribution >= 0.6 is 11.6 Å². The topological polar surface area (TPSA) is 79.0 Å². The maximum absolute atomic E-state index is 6.43. The van der Waals surface area contributed by atoms with Gasteiger partial charge >= 0.3 is 0 Å². The third-order valence-electron chi connectivity index (χ3n) is 5.67. The molecule has 1 fully saturated rings. The molecule has 0 aliphatic carbocycles. The highest BCUT2D eigenvalue weighted by Gasteiger charge is 2.23. The minimum atomic E-state index is 0.155. The first-order valence-electron chi connectivity index (χ1n) is 10.3. The molecule has 158 valence electrons. The zero-order valence-electron chi connectivity index (χ0n) is 17.2. The summed E-state index contributed by atoms with van der Waals surface area (Å²) in [4.78, 5) is 18.4. The van der Waals surface area contributed by atoms with Gasteiger partial charge in [0.1, 0.15) is 11.9 Å². The number of fused-ring (bicyclic) bond motifs is 1. The van der Waals surface area contributed by atoms with Crippen molar-refractivity contribution in [1.82, 2.24) is 19.9 Å². The number of benzene rings is 1. The number of hydrogen-bond donors (Lipinski definition) is 2. The third-order valence-corrected chi connectivity index (χ3v) is 5.98. The fourth-order valence-electron chi connectivity index (χ4n) is 4.06. The van der Waals surface area contributed by atoms with Crippen molar-refractivity contribution >= 4 is 39.7 Å². The maximum Gasteiger partial charge on any atom is 0.232 e. The monoisotopic (exact) mass is 434 g/mol. The van der Waals surface area contributed by atoms with Crippen molar-refractivity contribution in [3.05, 3.63) is 65.8 Å². The van der Waals surface area contributed by atoms with E-state index in [1.807, 2.05) is 30.6 Å². The van der Waals surface area contributed by atoms with Crippen LogP contribution in [0.3, 0.4) is 0 Å². The summed E-state index contributed by atoms with van der Waals surface area (Å²) in [7, 11) is 0. The first kappa shape index (κ1) is 19.6. The molecular weight excluding hydrogens is 412 g/mol. The van der Waals surface area contributed by atoms with Crippen LogP contribution in [0.1, 0.15) is 18.4 Å². The first-order chi connectivity index (χ1) is 15.2. The lowest BCUT2D eigenvalue weighted by atomic mass is 10.1. The highest BCUT2D eigenvalue weighted by atomic mass is 35.5. The van der Waals surface area contributed by atoms with Gasteiger partial charge in [-0.1, -0.05) is 11.6 Å². The molecule has 3 aromatic heterocycles. The average Bonchev–Trinajstić information content (AvgIpc) is 3.26. The lowest BCUT2D eigenvalue weighted by molar-refractivity contribution is 0.163. The van der Waals surface area contributed by atoms with Gasteiger partial charge in [0.05, 0.1) is 11.2 Å². The van der Waals surface area contributed by atoms with Crippen molar-refractivity contribution in [2.24, 2.45) is 0 Å². The Balaban J connectivity index is 1.29. The Morgan fingerprint density at radius 1 is 1.13 bits per heavy atom. The molecule has 0 bridgehead atoms. The molecule has 0 amide bonds. The Morgan fingerprint density at radius 2 is 2.00 bits per heavy atom. The van der Waals surface area contributed by atoms with Crippen LogP contribution < -0.4 is 15.0 Å². The molecule has 1 aliphatic heterocycles. The van der Waals surface area contributed by atoms with Gasteiger partial charge in [0.25, 0.3) is 0 Å². The van der Waals surface area contributed by atoms with Gasteiger partial charge in [-0.3, -0.25) is 4.98 Å².